The number of unbranched alkanes of at least 4 members (excludes halogenated alkanes) is 14. The van der Waals surface area contributed by atoms with Crippen molar-refractivity contribution in [2.24, 2.45) is 5.73 Å². The van der Waals surface area contributed by atoms with E-state index in [4.69, 9.17) is 5.73 Å². The maximum Gasteiger partial charge on any atom is 0.248 e. The van der Waals surface area contributed by atoms with Crippen LogP contribution >= 0.6 is 0 Å². The number of rotatable bonds is 20. The number of primary amides is 1. The molecular weight excluding hydrogens is 382 g/mol. The molecule has 0 aliphatic heterocycles. The van der Waals surface area contributed by atoms with Crippen LogP contribution in [0.3, 0.4) is 0 Å². The van der Waals surface area contributed by atoms with E-state index >= 15 is 0 Å². The number of nitrogens with two attached hydrogens (primary N) is 1. The molecule has 0 heterocycles. The zero-order valence-electron chi connectivity index (χ0n) is 20.4. The van der Waals surface area contributed by atoms with Gasteiger partial charge < -0.3 is 5.73 Å². The van der Waals surface area contributed by atoms with E-state index in [9.17, 15) is 9.59 Å². The Labute approximate surface area is 191 Å². The Kier molecular flexibility index (Phi) is 15.9. The second kappa shape index (κ2) is 18.0. The first-order chi connectivity index (χ1) is 15.2. The zero-order chi connectivity index (χ0) is 22.7. The highest BCUT2D eigenvalue weighted by Gasteiger charge is 2.16. The van der Waals surface area contributed by atoms with Gasteiger partial charge >= 0.3 is 0 Å². The van der Waals surface area contributed by atoms with Crippen LogP contribution in [0.15, 0.2) is 12.1 Å². The van der Waals surface area contributed by atoms with Gasteiger partial charge in [0.05, 0.1) is 0 Å². The summed E-state index contributed by atoms with van der Waals surface area (Å²) in [6.45, 7) is 4.49. The average molecular weight is 430 g/mol. The third kappa shape index (κ3) is 11.5. The van der Waals surface area contributed by atoms with E-state index in [2.05, 4.69) is 13.8 Å². The van der Waals surface area contributed by atoms with Crippen LogP contribution in [0.2, 0.25) is 0 Å². The number of hydrogen-bond donors (Lipinski definition) is 1. The van der Waals surface area contributed by atoms with Crippen molar-refractivity contribution in [1.29, 1.82) is 0 Å². The highest BCUT2D eigenvalue weighted by molar-refractivity contribution is 5.96. The number of carbonyl (C=O) groups is 2. The molecule has 1 rings (SSSR count). The summed E-state index contributed by atoms with van der Waals surface area (Å²) in [4.78, 5) is 23.7. The highest BCUT2D eigenvalue weighted by Crippen LogP contribution is 2.24. The molecule has 176 valence electrons. The number of carbonyl (C=O) groups excluding carboxylic acids is 2. The van der Waals surface area contributed by atoms with E-state index in [-0.39, 0.29) is 5.91 Å². The Bertz CT molecular complexity index is 624. The minimum absolute atomic E-state index is 0.371. The summed E-state index contributed by atoms with van der Waals surface area (Å²) in [7, 11) is 0. The Hall–Kier alpha value is -1.64. The summed E-state index contributed by atoms with van der Waals surface area (Å²) in [6.07, 6.45) is 22.8. The van der Waals surface area contributed by atoms with Crippen LogP contribution in [0.4, 0.5) is 0 Å². The van der Waals surface area contributed by atoms with Crippen LogP contribution in [0.1, 0.15) is 148 Å². The maximum absolute atomic E-state index is 12.0. The number of amides is 1. The van der Waals surface area contributed by atoms with E-state index in [0.29, 0.717) is 5.56 Å². The molecule has 1 amide bonds. The van der Waals surface area contributed by atoms with Crippen LogP contribution < -0.4 is 5.73 Å². The summed E-state index contributed by atoms with van der Waals surface area (Å²) in [5, 5.41) is 0. The molecule has 0 spiro atoms. The molecule has 0 atom stereocenters. The van der Waals surface area contributed by atoms with Crippen molar-refractivity contribution in [1.82, 2.24) is 0 Å². The van der Waals surface area contributed by atoms with E-state index in [1.807, 2.05) is 0 Å². The normalized spacial score (nSPS) is 11.0. The molecule has 1 aromatic rings. The van der Waals surface area contributed by atoms with Gasteiger partial charge in [-0.15, -0.1) is 0 Å². The average Bonchev–Trinajstić information content (AvgIpc) is 2.77. The van der Waals surface area contributed by atoms with Crippen LogP contribution in [0.5, 0.6) is 0 Å². The SMILES string of the molecule is CCCCCCCCCCc1c(C=O)ccc(C(N)=O)c1CCCCCCCCCC. The van der Waals surface area contributed by atoms with Crippen LogP contribution in [-0.4, -0.2) is 12.2 Å². The van der Waals surface area contributed by atoms with Gasteiger partial charge in [0.25, 0.3) is 0 Å². The predicted molar refractivity (Wildman–Crippen MR) is 133 cm³/mol. The number of benzene rings is 1. The largest absolute Gasteiger partial charge is 0.366 e. The third-order valence-electron chi connectivity index (χ3n) is 6.42. The van der Waals surface area contributed by atoms with Gasteiger partial charge in [-0.3, -0.25) is 9.59 Å². The lowest BCUT2D eigenvalue weighted by atomic mass is 9.89. The first-order valence-electron chi connectivity index (χ1n) is 13.0. The fourth-order valence-corrected chi connectivity index (χ4v) is 4.50. The van der Waals surface area contributed by atoms with Gasteiger partial charge in [0, 0.05) is 11.1 Å². The van der Waals surface area contributed by atoms with E-state index in [1.54, 1.807) is 12.1 Å². The summed E-state index contributed by atoms with van der Waals surface area (Å²) >= 11 is 0. The highest BCUT2D eigenvalue weighted by atomic mass is 16.1. The minimum Gasteiger partial charge on any atom is -0.366 e. The molecule has 0 unspecified atom stereocenters. The van der Waals surface area contributed by atoms with Gasteiger partial charge in [-0.05, 0) is 42.9 Å². The molecule has 0 bridgehead atoms. The molecular formula is C28H47NO2. The Morgan fingerprint density at radius 2 is 1.10 bits per heavy atom. The third-order valence-corrected chi connectivity index (χ3v) is 6.42. The lowest BCUT2D eigenvalue weighted by molar-refractivity contribution is 0.0998. The molecule has 0 fully saturated rings. The molecule has 31 heavy (non-hydrogen) atoms. The molecule has 3 heteroatoms. The van der Waals surface area contributed by atoms with Gasteiger partial charge in [-0.1, -0.05) is 110 Å². The molecule has 0 aliphatic carbocycles. The van der Waals surface area contributed by atoms with Crippen molar-refractivity contribution in [2.45, 2.75) is 129 Å². The molecule has 0 saturated heterocycles. The second-order valence-corrected chi connectivity index (χ2v) is 9.09. The van der Waals surface area contributed by atoms with Gasteiger partial charge in [-0.2, -0.15) is 0 Å². The van der Waals surface area contributed by atoms with Crippen molar-refractivity contribution >= 4 is 12.2 Å². The summed E-state index contributed by atoms with van der Waals surface area (Å²) in [6, 6.07) is 3.54. The molecule has 1 aromatic carbocycles. The smallest absolute Gasteiger partial charge is 0.248 e. The molecule has 0 aromatic heterocycles. The van der Waals surface area contributed by atoms with Crippen molar-refractivity contribution in [3.05, 3.63) is 34.4 Å². The minimum atomic E-state index is -0.371. The van der Waals surface area contributed by atoms with E-state index in [0.717, 1.165) is 48.7 Å². The van der Waals surface area contributed by atoms with E-state index < -0.39 is 0 Å². The topological polar surface area (TPSA) is 60.2 Å². The molecule has 0 radical (unpaired) electrons. The lowest BCUT2D eigenvalue weighted by Crippen LogP contribution is -2.16. The van der Waals surface area contributed by atoms with Gasteiger partial charge in [0.15, 0.2) is 0 Å². The first-order valence-corrected chi connectivity index (χ1v) is 13.0. The summed E-state index contributed by atoms with van der Waals surface area (Å²) < 4.78 is 0. The van der Waals surface area contributed by atoms with Crippen molar-refractivity contribution < 1.29 is 9.59 Å². The first kappa shape index (κ1) is 27.4. The Morgan fingerprint density at radius 1 is 0.677 bits per heavy atom. The molecule has 0 saturated carbocycles. The van der Waals surface area contributed by atoms with Crippen LogP contribution in [0.25, 0.3) is 0 Å². The van der Waals surface area contributed by atoms with Gasteiger partial charge in [0.1, 0.15) is 6.29 Å². The number of hydrogen-bond acceptors (Lipinski definition) is 2. The van der Waals surface area contributed by atoms with Crippen molar-refractivity contribution in [3.63, 3.8) is 0 Å². The van der Waals surface area contributed by atoms with Crippen molar-refractivity contribution in [3.8, 4) is 0 Å². The zero-order valence-corrected chi connectivity index (χ0v) is 20.4. The monoisotopic (exact) mass is 429 g/mol. The standard InChI is InChI=1S/C28H47NO2/c1-3-5-7-9-11-13-15-17-19-25-24(23-30)21-22-27(28(29)31)26(25)20-18-16-14-12-10-8-6-4-2/h21-23H,3-20H2,1-2H3,(H2,29,31). The fraction of sp³-hybridized carbons (Fsp3) is 0.714. The second-order valence-electron chi connectivity index (χ2n) is 9.09. The Balaban J connectivity index is 2.61. The quantitative estimate of drug-likeness (QED) is 0.169. The van der Waals surface area contributed by atoms with Gasteiger partial charge in [-0.25, -0.2) is 0 Å². The van der Waals surface area contributed by atoms with Crippen LogP contribution in [-0.2, 0) is 12.8 Å². The van der Waals surface area contributed by atoms with E-state index in [1.165, 1.54) is 89.9 Å². The number of aldehydes is 1. The lowest BCUT2D eigenvalue weighted by Gasteiger charge is -2.16. The maximum atomic E-state index is 12.0. The molecule has 3 nitrogen and oxygen atoms in total. The summed E-state index contributed by atoms with van der Waals surface area (Å²) in [5.74, 6) is -0.371. The van der Waals surface area contributed by atoms with Crippen molar-refractivity contribution in [2.75, 3.05) is 0 Å². The Morgan fingerprint density at radius 3 is 1.52 bits per heavy atom. The summed E-state index contributed by atoms with van der Waals surface area (Å²) in [5.41, 5.74) is 9.14. The van der Waals surface area contributed by atoms with Crippen LogP contribution in [0, 0.1) is 0 Å². The van der Waals surface area contributed by atoms with Gasteiger partial charge in [0.2, 0.25) is 5.91 Å². The fourth-order valence-electron chi connectivity index (χ4n) is 4.50. The predicted octanol–water partition coefficient (Wildman–Crippen LogP) is 7.96. The molecule has 0 aliphatic rings. The molecule has 2 N–H and O–H groups in total.